The number of amidine groups is 1. The fourth-order valence-corrected chi connectivity index (χ4v) is 4.45. The van der Waals surface area contributed by atoms with E-state index in [1.807, 2.05) is 0 Å². The van der Waals surface area contributed by atoms with E-state index in [9.17, 15) is 18.8 Å². The first-order valence-corrected chi connectivity index (χ1v) is 14.0. The van der Waals surface area contributed by atoms with Crippen LogP contribution in [0.25, 0.3) is 12.2 Å². The van der Waals surface area contributed by atoms with Crippen LogP contribution < -0.4 is 26.0 Å². The molecule has 1 aromatic carbocycles. The smallest absolute Gasteiger partial charge is 0.272 e. The average Bonchev–Trinajstić information content (AvgIpc) is 3.59. The maximum absolute atomic E-state index is 13.6. The minimum absolute atomic E-state index is 0.144. The first-order valence-electron chi connectivity index (χ1n) is 14.0. The second kappa shape index (κ2) is 14.6. The third kappa shape index (κ3) is 8.22. The van der Waals surface area contributed by atoms with Crippen LogP contribution in [0.15, 0.2) is 66.0 Å². The molecule has 0 atom stereocenters. The number of hydrogen-bond donors (Lipinski definition) is 4. The number of nitrogens with one attached hydrogen (secondary N) is 4. The summed E-state index contributed by atoms with van der Waals surface area (Å²) in [4.78, 5) is 46.9. The lowest BCUT2D eigenvalue weighted by Gasteiger charge is -2.07. The van der Waals surface area contributed by atoms with Crippen molar-refractivity contribution in [2.24, 2.45) is 19.1 Å². The topological polar surface area (TPSA) is 144 Å². The molecule has 0 spiro atoms. The molecule has 0 unspecified atom stereocenters. The zero-order valence-electron chi connectivity index (χ0n) is 25.6. The fourth-order valence-electron chi connectivity index (χ4n) is 4.45. The van der Waals surface area contributed by atoms with Crippen LogP contribution in [-0.4, -0.2) is 65.4 Å². The minimum Gasteiger partial charge on any atom is -0.494 e. The van der Waals surface area contributed by atoms with Gasteiger partial charge < -0.3 is 35.1 Å². The molecule has 13 heteroatoms. The van der Waals surface area contributed by atoms with E-state index in [-0.39, 0.29) is 11.7 Å². The van der Waals surface area contributed by atoms with Gasteiger partial charge in [0, 0.05) is 59.7 Å². The van der Waals surface area contributed by atoms with Crippen molar-refractivity contribution in [1.29, 1.82) is 0 Å². The maximum atomic E-state index is 13.6. The summed E-state index contributed by atoms with van der Waals surface area (Å²) in [6.45, 7) is 0.405. The number of carbonyl (C=O) groups is 3. The molecule has 4 aromatic rings. The number of rotatable bonds is 11. The molecule has 0 saturated carbocycles. The quantitative estimate of drug-likeness (QED) is 0.149. The van der Waals surface area contributed by atoms with Crippen LogP contribution in [0.3, 0.4) is 0 Å². The minimum atomic E-state index is -0.446. The zero-order valence-corrected chi connectivity index (χ0v) is 25.6. The molecule has 3 aromatic heterocycles. The third-order valence-corrected chi connectivity index (χ3v) is 6.87. The Balaban J connectivity index is 1.34. The highest BCUT2D eigenvalue weighted by molar-refractivity contribution is 6.07. The van der Waals surface area contributed by atoms with E-state index in [1.54, 1.807) is 98.3 Å². The predicted octanol–water partition coefficient (Wildman–Crippen LogP) is 3.95. The molecule has 0 fully saturated rings. The average molecular weight is 615 g/mol. The van der Waals surface area contributed by atoms with Crippen molar-refractivity contribution in [3.8, 4) is 5.75 Å². The largest absolute Gasteiger partial charge is 0.494 e. The Labute approximate surface area is 260 Å². The van der Waals surface area contributed by atoms with Crippen LogP contribution in [0.2, 0.25) is 0 Å². The highest BCUT2D eigenvalue weighted by Crippen LogP contribution is 2.21. The van der Waals surface area contributed by atoms with Crippen molar-refractivity contribution in [2.45, 2.75) is 6.42 Å². The number of methoxy groups -OCH3 is 1. The van der Waals surface area contributed by atoms with Crippen LogP contribution in [0.1, 0.15) is 49.0 Å². The van der Waals surface area contributed by atoms with Crippen LogP contribution in [0.5, 0.6) is 5.75 Å². The number of nitrogens with zero attached hydrogens (tertiary/aromatic N) is 4. The summed E-state index contributed by atoms with van der Waals surface area (Å²) in [5.74, 6) is -0.614. The van der Waals surface area contributed by atoms with Crippen LogP contribution in [0.4, 0.5) is 15.8 Å². The maximum Gasteiger partial charge on any atom is 0.272 e. The van der Waals surface area contributed by atoms with Crippen molar-refractivity contribution < 1.29 is 23.5 Å². The molecule has 0 aliphatic heterocycles. The van der Waals surface area contributed by atoms with E-state index in [1.165, 1.54) is 19.4 Å². The summed E-state index contributed by atoms with van der Waals surface area (Å²) >= 11 is 0. The summed E-state index contributed by atoms with van der Waals surface area (Å²) in [6, 6.07) is 11.0. The molecule has 234 valence electrons. The van der Waals surface area contributed by atoms with E-state index < -0.39 is 17.6 Å². The zero-order chi connectivity index (χ0) is 32.5. The molecule has 45 heavy (non-hydrogen) atoms. The molecular weight excluding hydrogens is 579 g/mol. The van der Waals surface area contributed by atoms with Gasteiger partial charge in [-0.2, -0.15) is 0 Å². The fraction of sp³-hybridized carbons (Fsp3) is 0.219. The SMILES string of the molecule is CN=C(CCNC(=O)c1cc(NC(=O)c2cc(NC(=O)c3ccc(/C=C/c4ccc(F)c(OC)c4)nc3)cn2C)cn1C)NC. The Morgan fingerprint density at radius 1 is 0.933 bits per heavy atom. The summed E-state index contributed by atoms with van der Waals surface area (Å²) in [5, 5.41) is 11.4. The predicted molar refractivity (Wildman–Crippen MR) is 172 cm³/mol. The molecule has 0 bridgehead atoms. The van der Waals surface area contributed by atoms with Crippen molar-refractivity contribution in [2.75, 3.05) is 38.4 Å². The van der Waals surface area contributed by atoms with E-state index in [0.29, 0.717) is 47.0 Å². The van der Waals surface area contributed by atoms with Crippen molar-refractivity contribution in [3.63, 3.8) is 0 Å². The summed E-state index contributed by atoms with van der Waals surface area (Å²) in [6.07, 6.45) is 8.77. The Kier molecular flexibility index (Phi) is 10.5. The van der Waals surface area contributed by atoms with Gasteiger partial charge in [-0.05, 0) is 48.0 Å². The van der Waals surface area contributed by atoms with Gasteiger partial charge in [-0.3, -0.25) is 24.4 Å². The van der Waals surface area contributed by atoms with E-state index in [2.05, 4.69) is 31.2 Å². The molecule has 4 N–H and O–H groups in total. The number of carbonyl (C=O) groups excluding carboxylic acids is 3. The standard InChI is InChI=1S/C32H35FN8O4/c1-34-29(35-2)12-13-36-31(43)26-15-24(19-40(26)3)39-32(44)27-16-23(18-41(27)4)38-30(42)21-8-10-22(37-17-21)9-6-20-7-11-25(33)28(14-20)45-5/h6-11,14-19H,12-13H2,1-5H3,(H,34,35)(H,36,43)(H,38,42)(H,39,44)/b9-6+. The van der Waals surface area contributed by atoms with Gasteiger partial charge in [0.1, 0.15) is 11.4 Å². The van der Waals surface area contributed by atoms with Gasteiger partial charge in [0.2, 0.25) is 0 Å². The second-order valence-corrected chi connectivity index (χ2v) is 9.98. The van der Waals surface area contributed by atoms with Gasteiger partial charge in [0.15, 0.2) is 11.6 Å². The Morgan fingerprint density at radius 3 is 2.20 bits per heavy atom. The summed E-state index contributed by atoms with van der Waals surface area (Å²) < 4.78 is 21.8. The molecule has 3 amide bonds. The number of hydrogen-bond acceptors (Lipinski definition) is 6. The van der Waals surface area contributed by atoms with Crippen molar-refractivity contribution in [3.05, 3.63) is 95.1 Å². The highest BCUT2D eigenvalue weighted by atomic mass is 19.1. The normalized spacial score (nSPS) is 11.4. The molecule has 12 nitrogen and oxygen atoms in total. The van der Waals surface area contributed by atoms with Crippen LogP contribution in [0, 0.1) is 5.82 Å². The van der Waals surface area contributed by atoms with Gasteiger partial charge in [0.05, 0.1) is 35.6 Å². The number of aryl methyl sites for hydroxylation is 2. The molecule has 3 heterocycles. The van der Waals surface area contributed by atoms with E-state index in [0.717, 1.165) is 11.4 Å². The molecule has 0 radical (unpaired) electrons. The third-order valence-electron chi connectivity index (χ3n) is 6.87. The van der Waals surface area contributed by atoms with Gasteiger partial charge >= 0.3 is 0 Å². The lowest BCUT2D eigenvalue weighted by molar-refractivity contribution is 0.0945. The molecule has 0 aliphatic carbocycles. The molecule has 4 rings (SSSR count). The van der Waals surface area contributed by atoms with Crippen LogP contribution in [-0.2, 0) is 14.1 Å². The van der Waals surface area contributed by atoms with Gasteiger partial charge in [-0.1, -0.05) is 12.1 Å². The first-order chi connectivity index (χ1) is 21.6. The first kappa shape index (κ1) is 32.2. The number of anilines is 2. The number of amides is 3. The van der Waals surface area contributed by atoms with Crippen LogP contribution >= 0.6 is 0 Å². The van der Waals surface area contributed by atoms with E-state index >= 15 is 0 Å². The van der Waals surface area contributed by atoms with E-state index in [4.69, 9.17) is 4.74 Å². The number of aliphatic imine (C=N–C) groups is 1. The van der Waals surface area contributed by atoms with Crippen molar-refractivity contribution in [1.82, 2.24) is 24.8 Å². The van der Waals surface area contributed by atoms with Gasteiger partial charge in [0.25, 0.3) is 17.7 Å². The molecule has 0 aliphatic rings. The summed E-state index contributed by atoms with van der Waals surface area (Å²) in [7, 11) is 8.25. The van der Waals surface area contributed by atoms with Gasteiger partial charge in [-0.15, -0.1) is 0 Å². The Morgan fingerprint density at radius 2 is 1.60 bits per heavy atom. The number of benzene rings is 1. The van der Waals surface area contributed by atoms with Gasteiger partial charge in [-0.25, -0.2) is 4.39 Å². The lowest BCUT2D eigenvalue weighted by Crippen LogP contribution is -2.30. The summed E-state index contributed by atoms with van der Waals surface area (Å²) in [5.41, 5.74) is 3.21. The highest BCUT2D eigenvalue weighted by Gasteiger charge is 2.17. The lowest BCUT2D eigenvalue weighted by atomic mass is 10.1. The number of ether oxygens (including phenoxy) is 1. The Bertz CT molecular complexity index is 1760. The Hall–Kier alpha value is -5.72. The molecular formula is C32H35FN8O4. The second-order valence-electron chi connectivity index (χ2n) is 9.98. The van der Waals surface area contributed by atoms with Crippen molar-refractivity contribution >= 4 is 47.1 Å². The number of halogens is 1. The molecule has 0 saturated heterocycles. The number of pyridine rings is 1. The monoisotopic (exact) mass is 614 g/mol. The number of aromatic nitrogens is 3.